The van der Waals surface area contributed by atoms with Crippen LogP contribution in [-0.2, 0) is 11.4 Å². The second-order valence-corrected chi connectivity index (χ2v) is 8.07. The second-order valence-electron chi connectivity index (χ2n) is 8.07. The van der Waals surface area contributed by atoms with Crippen LogP contribution in [-0.4, -0.2) is 37.6 Å². The number of hydroxylamine groups is 1. The minimum Gasteiger partial charge on any atom is -0.393 e. The van der Waals surface area contributed by atoms with Crippen molar-refractivity contribution >= 4 is 22.4 Å². The number of aromatic nitrogens is 3. The highest BCUT2D eigenvalue weighted by molar-refractivity contribution is 5.95. The highest BCUT2D eigenvalue weighted by Gasteiger charge is 2.41. The smallest absolute Gasteiger partial charge is 0.159 e. The van der Waals surface area contributed by atoms with Crippen molar-refractivity contribution < 1.29 is 9.94 Å². The number of nitrogens with one attached hydrogen (secondary N) is 2. The fourth-order valence-corrected chi connectivity index (χ4v) is 4.43. The summed E-state index contributed by atoms with van der Waals surface area (Å²) >= 11 is 0. The molecule has 3 aliphatic rings. The molecule has 0 radical (unpaired) electrons. The van der Waals surface area contributed by atoms with Crippen LogP contribution in [0.5, 0.6) is 0 Å². The molecule has 2 aliphatic carbocycles. The maximum atomic E-state index is 9.83. The maximum absolute atomic E-state index is 9.83. The first-order valence-electron chi connectivity index (χ1n) is 10.1. The SMILES string of the molecule is CCn1ncc2c(NC3CCC(O)CC3)c(C3=CC4(CCC4)ON3)cnc21. The van der Waals surface area contributed by atoms with Gasteiger partial charge in [0.1, 0.15) is 5.60 Å². The Kier molecular flexibility index (Phi) is 4.09. The van der Waals surface area contributed by atoms with E-state index in [-0.39, 0.29) is 11.7 Å². The zero-order valence-electron chi connectivity index (χ0n) is 15.7. The third kappa shape index (κ3) is 2.89. The fraction of sp³-hybridized carbons (Fsp3) is 0.600. The molecule has 2 aromatic heterocycles. The van der Waals surface area contributed by atoms with E-state index in [1.165, 1.54) is 6.42 Å². The molecule has 0 aromatic carbocycles. The molecule has 3 heterocycles. The predicted octanol–water partition coefficient (Wildman–Crippen LogP) is 2.97. The average Bonchev–Trinajstić information content (AvgIpc) is 3.28. The van der Waals surface area contributed by atoms with Crippen LogP contribution in [0.3, 0.4) is 0 Å². The van der Waals surface area contributed by atoms with Gasteiger partial charge in [0.25, 0.3) is 0 Å². The summed E-state index contributed by atoms with van der Waals surface area (Å²) in [7, 11) is 0. The first-order valence-corrected chi connectivity index (χ1v) is 10.1. The van der Waals surface area contributed by atoms with E-state index < -0.39 is 0 Å². The summed E-state index contributed by atoms with van der Waals surface area (Å²) in [6, 6.07) is 0.350. The Morgan fingerprint density at radius 1 is 1.30 bits per heavy atom. The number of aryl methyl sites for hydroxylation is 1. The van der Waals surface area contributed by atoms with Crippen molar-refractivity contribution in [2.24, 2.45) is 0 Å². The van der Waals surface area contributed by atoms with Crippen molar-refractivity contribution in [3.8, 4) is 0 Å². The molecule has 0 amide bonds. The van der Waals surface area contributed by atoms with Gasteiger partial charge in [-0.05, 0) is 57.9 Å². The van der Waals surface area contributed by atoms with E-state index in [2.05, 4.69) is 28.9 Å². The molecule has 7 nitrogen and oxygen atoms in total. The Morgan fingerprint density at radius 2 is 2.11 bits per heavy atom. The average molecular weight is 369 g/mol. The first-order chi connectivity index (χ1) is 13.2. The monoisotopic (exact) mass is 369 g/mol. The summed E-state index contributed by atoms with van der Waals surface area (Å²) in [5.41, 5.74) is 7.01. The molecule has 2 saturated carbocycles. The van der Waals surface area contributed by atoms with Gasteiger partial charge >= 0.3 is 0 Å². The van der Waals surface area contributed by atoms with Crippen LogP contribution in [0.2, 0.25) is 0 Å². The van der Waals surface area contributed by atoms with Crippen molar-refractivity contribution in [3.05, 3.63) is 24.0 Å². The molecule has 0 unspecified atom stereocenters. The molecule has 1 aliphatic heterocycles. The lowest BCUT2D eigenvalue weighted by molar-refractivity contribution is -0.0821. The molecule has 2 aromatic rings. The number of anilines is 1. The van der Waals surface area contributed by atoms with Gasteiger partial charge in [0.2, 0.25) is 0 Å². The van der Waals surface area contributed by atoms with Gasteiger partial charge < -0.3 is 10.4 Å². The summed E-state index contributed by atoms with van der Waals surface area (Å²) < 4.78 is 1.93. The number of rotatable bonds is 4. The van der Waals surface area contributed by atoms with Crippen molar-refractivity contribution in [2.75, 3.05) is 5.32 Å². The van der Waals surface area contributed by atoms with Gasteiger partial charge in [-0.15, -0.1) is 0 Å². The normalized spacial score (nSPS) is 26.7. The number of nitrogens with zero attached hydrogens (tertiary/aromatic N) is 3. The van der Waals surface area contributed by atoms with E-state index in [1.807, 2.05) is 17.1 Å². The Balaban J connectivity index is 1.55. The molecule has 0 bridgehead atoms. The molecule has 27 heavy (non-hydrogen) atoms. The summed E-state index contributed by atoms with van der Waals surface area (Å²) in [5, 5.41) is 19.1. The quantitative estimate of drug-likeness (QED) is 0.768. The minimum absolute atomic E-state index is 0.135. The third-order valence-electron chi connectivity index (χ3n) is 6.27. The van der Waals surface area contributed by atoms with Crippen LogP contribution in [0.1, 0.15) is 57.4 Å². The highest BCUT2D eigenvalue weighted by Crippen LogP contribution is 2.43. The Morgan fingerprint density at radius 3 is 2.78 bits per heavy atom. The van der Waals surface area contributed by atoms with Gasteiger partial charge in [-0.2, -0.15) is 5.10 Å². The standard InChI is InChI=1S/C20H27N5O2/c1-2-25-19-16(12-22-25)18(23-13-4-6-14(26)7-5-13)15(11-21-19)17-10-20(27-24-17)8-3-9-20/h10-14,24,26H,2-9H2,1H3,(H,21,23). The van der Waals surface area contributed by atoms with Gasteiger partial charge in [0, 0.05) is 24.3 Å². The lowest BCUT2D eigenvalue weighted by atomic mass is 9.80. The van der Waals surface area contributed by atoms with Crippen molar-refractivity contribution in [2.45, 2.75) is 76.2 Å². The van der Waals surface area contributed by atoms with Crippen LogP contribution >= 0.6 is 0 Å². The zero-order chi connectivity index (χ0) is 18.4. The molecule has 0 atom stereocenters. The molecular formula is C20H27N5O2. The second kappa shape index (κ2) is 6.49. The number of hydrogen-bond acceptors (Lipinski definition) is 6. The topological polar surface area (TPSA) is 84.2 Å². The Hall–Kier alpha value is -2.12. The summed E-state index contributed by atoms with van der Waals surface area (Å²) in [6.07, 6.45) is 12.9. The van der Waals surface area contributed by atoms with Crippen LogP contribution in [0.15, 0.2) is 18.5 Å². The number of hydrogen-bond donors (Lipinski definition) is 3. The van der Waals surface area contributed by atoms with Gasteiger partial charge in [-0.25, -0.2) is 9.67 Å². The number of aliphatic hydroxyl groups is 1. The van der Waals surface area contributed by atoms with E-state index >= 15 is 0 Å². The summed E-state index contributed by atoms with van der Waals surface area (Å²) in [6.45, 7) is 2.87. The molecule has 3 N–H and O–H groups in total. The molecule has 2 fully saturated rings. The van der Waals surface area contributed by atoms with E-state index in [0.29, 0.717) is 6.04 Å². The summed E-state index contributed by atoms with van der Waals surface area (Å²) in [5.74, 6) is 0. The zero-order valence-corrected chi connectivity index (χ0v) is 15.7. The van der Waals surface area contributed by atoms with E-state index in [4.69, 9.17) is 9.82 Å². The number of fused-ring (bicyclic) bond motifs is 1. The molecule has 1 spiro atoms. The Bertz CT molecular complexity index is 878. The number of pyridine rings is 1. The predicted molar refractivity (Wildman–Crippen MR) is 104 cm³/mol. The molecule has 144 valence electrons. The fourth-order valence-electron chi connectivity index (χ4n) is 4.43. The molecule has 0 saturated heterocycles. The first kappa shape index (κ1) is 17.0. The van der Waals surface area contributed by atoms with Crippen molar-refractivity contribution in [3.63, 3.8) is 0 Å². The van der Waals surface area contributed by atoms with E-state index in [1.54, 1.807) is 0 Å². The van der Waals surface area contributed by atoms with Crippen LogP contribution in [0.4, 0.5) is 5.69 Å². The highest BCUT2D eigenvalue weighted by atomic mass is 16.7. The van der Waals surface area contributed by atoms with Gasteiger partial charge in [0.05, 0.1) is 29.1 Å². The minimum atomic E-state index is -0.158. The van der Waals surface area contributed by atoms with Crippen molar-refractivity contribution in [1.29, 1.82) is 0 Å². The van der Waals surface area contributed by atoms with Crippen molar-refractivity contribution in [1.82, 2.24) is 20.2 Å². The maximum Gasteiger partial charge on any atom is 0.159 e. The lowest BCUT2D eigenvalue weighted by Crippen LogP contribution is -2.36. The molecule has 5 rings (SSSR count). The molecular weight excluding hydrogens is 342 g/mol. The molecule has 7 heteroatoms. The Labute approximate surface area is 158 Å². The number of aliphatic hydroxyl groups excluding tert-OH is 1. The van der Waals surface area contributed by atoms with E-state index in [9.17, 15) is 5.11 Å². The van der Waals surface area contributed by atoms with Crippen LogP contribution < -0.4 is 10.8 Å². The van der Waals surface area contributed by atoms with Crippen LogP contribution in [0, 0.1) is 0 Å². The third-order valence-corrected chi connectivity index (χ3v) is 6.27. The van der Waals surface area contributed by atoms with E-state index in [0.717, 1.165) is 73.1 Å². The largest absolute Gasteiger partial charge is 0.393 e. The van der Waals surface area contributed by atoms with Crippen LogP contribution in [0.25, 0.3) is 16.7 Å². The lowest BCUT2D eigenvalue weighted by Gasteiger charge is -2.33. The van der Waals surface area contributed by atoms with Gasteiger partial charge in [-0.1, -0.05) is 0 Å². The summed E-state index contributed by atoms with van der Waals surface area (Å²) in [4.78, 5) is 10.6. The van der Waals surface area contributed by atoms with Gasteiger partial charge in [-0.3, -0.25) is 10.3 Å². The van der Waals surface area contributed by atoms with Gasteiger partial charge in [0.15, 0.2) is 5.65 Å².